The van der Waals surface area contributed by atoms with E-state index in [0.717, 1.165) is 24.6 Å². The molecule has 0 unspecified atom stereocenters. The number of anilines is 1. The quantitative estimate of drug-likeness (QED) is 0.643. The number of nitro benzene ring substituents is 1. The van der Waals surface area contributed by atoms with E-state index >= 15 is 0 Å². The zero-order chi connectivity index (χ0) is 12.3. The van der Waals surface area contributed by atoms with Crippen LogP contribution < -0.4 is 5.32 Å². The van der Waals surface area contributed by atoms with Crippen molar-refractivity contribution in [3.8, 4) is 0 Å². The van der Waals surface area contributed by atoms with Gasteiger partial charge in [-0.05, 0) is 6.07 Å². The highest BCUT2D eigenvalue weighted by Crippen LogP contribution is 2.25. The average molecular weight is 238 g/mol. The van der Waals surface area contributed by atoms with Crippen molar-refractivity contribution in [3.05, 3.63) is 46.3 Å². The number of nitrogens with one attached hydrogen (secondary N) is 1. The van der Waals surface area contributed by atoms with Crippen LogP contribution in [0.4, 0.5) is 15.8 Å². The van der Waals surface area contributed by atoms with Crippen molar-refractivity contribution in [2.24, 2.45) is 0 Å². The minimum Gasteiger partial charge on any atom is -0.372 e. The van der Waals surface area contributed by atoms with Gasteiger partial charge in [0.15, 0.2) is 5.82 Å². The largest absolute Gasteiger partial charge is 0.372 e. The summed E-state index contributed by atoms with van der Waals surface area (Å²) < 4.78 is 17.5. The molecule has 88 valence electrons. The van der Waals surface area contributed by atoms with Gasteiger partial charge in [-0.15, -0.1) is 0 Å². The normalized spacial score (nSPS) is 10.2. The Kier molecular flexibility index (Phi) is 2.95. The Labute approximate surface area is 94.4 Å². The third-order valence-corrected chi connectivity index (χ3v) is 2.00. The zero-order valence-electron chi connectivity index (χ0n) is 8.46. The van der Waals surface area contributed by atoms with Crippen molar-refractivity contribution in [2.75, 3.05) is 5.32 Å². The monoisotopic (exact) mass is 238 g/mol. The Balaban J connectivity index is 2.19. The zero-order valence-corrected chi connectivity index (χ0v) is 8.46. The molecule has 0 spiro atoms. The first-order valence-corrected chi connectivity index (χ1v) is 4.60. The summed E-state index contributed by atoms with van der Waals surface area (Å²) in [7, 11) is 0. The molecule has 0 fully saturated rings. The van der Waals surface area contributed by atoms with Crippen molar-refractivity contribution < 1.29 is 13.8 Å². The van der Waals surface area contributed by atoms with Gasteiger partial charge in [0, 0.05) is 12.1 Å². The predicted octanol–water partition coefficient (Wildman–Crippen LogP) is 1.73. The summed E-state index contributed by atoms with van der Waals surface area (Å²) >= 11 is 0. The Morgan fingerprint density at radius 1 is 1.53 bits per heavy atom. The summed E-state index contributed by atoms with van der Waals surface area (Å²) in [5.41, 5.74) is -0.144. The molecule has 0 atom stereocenters. The first-order chi connectivity index (χ1) is 8.16. The molecule has 2 aromatic rings. The van der Waals surface area contributed by atoms with Crippen molar-refractivity contribution in [3.63, 3.8) is 0 Å². The Bertz CT molecular complexity index is 529. The number of halogens is 1. The number of hydrogen-bond acceptors (Lipinski definition) is 6. The molecule has 0 aliphatic heterocycles. The molecule has 0 bridgehead atoms. The number of nitro groups is 1. The van der Waals surface area contributed by atoms with Gasteiger partial charge in [-0.2, -0.15) is 4.98 Å². The van der Waals surface area contributed by atoms with Crippen LogP contribution in [0, 0.1) is 15.9 Å². The smallest absolute Gasteiger partial charge is 0.292 e. The van der Waals surface area contributed by atoms with Crippen LogP contribution >= 0.6 is 0 Å². The lowest BCUT2D eigenvalue weighted by Crippen LogP contribution is -2.04. The lowest BCUT2D eigenvalue weighted by Gasteiger charge is -2.04. The number of aromatic nitrogens is 2. The third kappa shape index (κ3) is 2.54. The molecule has 17 heavy (non-hydrogen) atoms. The lowest BCUT2D eigenvalue weighted by atomic mass is 10.2. The molecule has 8 heteroatoms. The van der Waals surface area contributed by atoms with E-state index < -0.39 is 10.7 Å². The van der Waals surface area contributed by atoms with Gasteiger partial charge in [-0.25, -0.2) is 4.39 Å². The second-order valence-electron chi connectivity index (χ2n) is 3.12. The molecule has 1 heterocycles. The molecular weight excluding hydrogens is 231 g/mol. The first-order valence-electron chi connectivity index (χ1n) is 4.60. The Morgan fingerprint density at radius 2 is 2.35 bits per heavy atom. The molecule has 1 aromatic carbocycles. The van der Waals surface area contributed by atoms with E-state index in [1.807, 2.05) is 0 Å². The number of rotatable bonds is 4. The van der Waals surface area contributed by atoms with Gasteiger partial charge in [0.1, 0.15) is 11.5 Å². The van der Waals surface area contributed by atoms with Gasteiger partial charge in [0.2, 0.25) is 6.39 Å². The van der Waals surface area contributed by atoms with Gasteiger partial charge in [-0.1, -0.05) is 5.16 Å². The summed E-state index contributed by atoms with van der Waals surface area (Å²) in [5, 5.41) is 16.9. The molecule has 2 rings (SSSR count). The van der Waals surface area contributed by atoms with E-state index in [1.165, 1.54) is 0 Å². The van der Waals surface area contributed by atoms with E-state index in [4.69, 9.17) is 0 Å². The SMILES string of the molecule is O=[N+]([O-])c1ccc(F)cc1NCc1ncon1. The van der Waals surface area contributed by atoms with Crippen LogP contribution in [0.5, 0.6) is 0 Å². The van der Waals surface area contributed by atoms with Gasteiger partial charge in [-0.3, -0.25) is 10.1 Å². The van der Waals surface area contributed by atoms with Gasteiger partial charge in [0.25, 0.3) is 5.69 Å². The molecular formula is C9H7FN4O3. The van der Waals surface area contributed by atoms with Crippen LogP contribution in [0.25, 0.3) is 0 Å². The predicted molar refractivity (Wildman–Crippen MR) is 54.7 cm³/mol. The van der Waals surface area contributed by atoms with E-state index in [0.29, 0.717) is 5.82 Å². The van der Waals surface area contributed by atoms with E-state index in [2.05, 4.69) is 20.0 Å². The van der Waals surface area contributed by atoms with E-state index in [9.17, 15) is 14.5 Å². The molecule has 0 saturated heterocycles. The van der Waals surface area contributed by atoms with Crippen LogP contribution in [0.2, 0.25) is 0 Å². The summed E-state index contributed by atoms with van der Waals surface area (Å²) in [5.74, 6) is -0.241. The third-order valence-electron chi connectivity index (χ3n) is 2.00. The van der Waals surface area contributed by atoms with Crippen molar-refractivity contribution in [1.29, 1.82) is 0 Å². The number of benzene rings is 1. The van der Waals surface area contributed by atoms with Crippen LogP contribution in [-0.2, 0) is 6.54 Å². The van der Waals surface area contributed by atoms with E-state index in [-0.39, 0.29) is 17.9 Å². The highest BCUT2D eigenvalue weighted by atomic mass is 19.1. The average Bonchev–Trinajstić information content (AvgIpc) is 2.78. The van der Waals surface area contributed by atoms with Crippen molar-refractivity contribution in [2.45, 2.75) is 6.54 Å². The maximum absolute atomic E-state index is 13.0. The van der Waals surface area contributed by atoms with Crippen molar-refractivity contribution in [1.82, 2.24) is 10.1 Å². The molecule has 0 aliphatic rings. The minimum atomic E-state index is -0.599. The summed E-state index contributed by atoms with van der Waals surface area (Å²) in [6, 6.07) is 3.16. The molecule has 0 radical (unpaired) electrons. The van der Waals surface area contributed by atoms with Crippen molar-refractivity contribution >= 4 is 11.4 Å². The Hall–Kier alpha value is -2.51. The van der Waals surface area contributed by atoms with Gasteiger partial charge in [0.05, 0.1) is 11.5 Å². The molecule has 0 aliphatic carbocycles. The van der Waals surface area contributed by atoms with E-state index in [1.54, 1.807) is 0 Å². The second-order valence-corrected chi connectivity index (χ2v) is 3.12. The molecule has 0 amide bonds. The molecule has 0 saturated carbocycles. The topological polar surface area (TPSA) is 94.1 Å². The van der Waals surface area contributed by atoms with Crippen LogP contribution in [0.15, 0.2) is 29.1 Å². The highest BCUT2D eigenvalue weighted by molar-refractivity contribution is 5.61. The maximum atomic E-state index is 13.0. The minimum absolute atomic E-state index is 0.0693. The summed E-state index contributed by atoms with van der Waals surface area (Å²) in [6.07, 6.45) is 1.14. The number of nitrogens with zero attached hydrogens (tertiary/aromatic N) is 3. The lowest BCUT2D eigenvalue weighted by molar-refractivity contribution is -0.384. The maximum Gasteiger partial charge on any atom is 0.292 e. The van der Waals surface area contributed by atoms with Gasteiger partial charge < -0.3 is 9.84 Å². The highest BCUT2D eigenvalue weighted by Gasteiger charge is 2.14. The number of hydrogen-bond donors (Lipinski definition) is 1. The fourth-order valence-corrected chi connectivity index (χ4v) is 1.25. The van der Waals surface area contributed by atoms with Crippen LogP contribution in [0.3, 0.4) is 0 Å². The fourth-order valence-electron chi connectivity index (χ4n) is 1.25. The fraction of sp³-hybridized carbons (Fsp3) is 0.111. The first kappa shape index (κ1) is 11.0. The summed E-state index contributed by atoms with van der Waals surface area (Å²) in [4.78, 5) is 13.8. The molecule has 1 N–H and O–H groups in total. The second kappa shape index (κ2) is 4.56. The van der Waals surface area contributed by atoms with Gasteiger partial charge >= 0.3 is 0 Å². The van der Waals surface area contributed by atoms with Crippen LogP contribution in [0.1, 0.15) is 5.82 Å². The summed E-state index contributed by atoms with van der Waals surface area (Å²) in [6.45, 7) is 0.112. The molecule has 7 nitrogen and oxygen atoms in total. The Morgan fingerprint density at radius 3 is 3.00 bits per heavy atom. The standard InChI is InChI=1S/C9H7FN4O3/c10-6-1-2-8(14(15)16)7(3-6)11-4-9-12-5-17-13-9/h1-3,5,11H,4H2. The molecule has 1 aromatic heterocycles. The van der Waals surface area contributed by atoms with Crippen LogP contribution in [-0.4, -0.2) is 15.1 Å².